The Morgan fingerprint density at radius 1 is 1.50 bits per heavy atom. The van der Waals surface area contributed by atoms with E-state index in [0.29, 0.717) is 23.4 Å². The van der Waals surface area contributed by atoms with Crippen LogP contribution in [0.1, 0.15) is 25.8 Å². The van der Waals surface area contributed by atoms with Crippen LogP contribution in [0.2, 0.25) is 5.02 Å². The van der Waals surface area contributed by atoms with Gasteiger partial charge >= 0.3 is 0 Å². The maximum absolute atomic E-state index is 10.8. The summed E-state index contributed by atoms with van der Waals surface area (Å²) in [5.74, 6) is 0. The lowest BCUT2D eigenvalue weighted by molar-refractivity contribution is -0.385. The molecule has 0 fully saturated rings. The molecule has 5 heteroatoms. The van der Waals surface area contributed by atoms with Crippen molar-refractivity contribution in [2.75, 3.05) is 0 Å². The second-order valence-corrected chi connectivity index (χ2v) is 4.96. The monoisotopic (exact) mass is 242 g/mol. The Morgan fingerprint density at radius 3 is 2.62 bits per heavy atom. The first-order valence-electron chi connectivity index (χ1n) is 5.01. The van der Waals surface area contributed by atoms with Crippen LogP contribution >= 0.6 is 11.6 Å². The van der Waals surface area contributed by atoms with E-state index in [1.807, 2.05) is 13.8 Å². The number of nitro benzene ring substituents is 1. The van der Waals surface area contributed by atoms with Gasteiger partial charge in [0, 0.05) is 22.2 Å². The van der Waals surface area contributed by atoms with Crippen molar-refractivity contribution in [3.05, 3.63) is 38.9 Å². The van der Waals surface area contributed by atoms with Crippen LogP contribution in [0.5, 0.6) is 0 Å². The largest absolute Gasteiger partial charge is 0.326 e. The van der Waals surface area contributed by atoms with Gasteiger partial charge in [0.25, 0.3) is 5.69 Å². The number of nitrogens with two attached hydrogens (primary N) is 1. The van der Waals surface area contributed by atoms with Gasteiger partial charge in [0.2, 0.25) is 0 Å². The minimum Gasteiger partial charge on any atom is -0.326 e. The minimum absolute atomic E-state index is 0.105. The van der Waals surface area contributed by atoms with Crippen molar-refractivity contribution < 1.29 is 4.92 Å². The van der Waals surface area contributed by atoms with E-state index in [1.54, 1.807) is 6.07 Å². The van der Waals surface area contributed by atoms with Gasteiger partial charge in [0.1, 0.15) is 0 Å². The van der Waals surface area contributed by atoms with Gasteiger partial charge in [-0.1, -0.05) is 11.6 Å². The van der Waals surface area contributed by atoms with Gasteiger partial charge in [-0.25, -0.2) is 0 Å². The lowest BCUT2D eigenvalue weighted by atomic mass is 9.96. The molecule has 0 aliphatic heterocycles. The maximum Gasteiger partial charge on any atom is 0.272 e. The van der Waals surface area contributed by atoms with E-state index in [-0.39, 0.29) is 11.2 Å². The predicted octanol–water partition coefficient (Wildman–Crippen LogP) is 2.92. The van der Waals surface area contributed by atoms with Gasteiger partial charge in [-0.05, 0) is 38.8 Å². The van der Waals surface area contributed by atoms with Crippen molar-refractivity contribution in [3.63, 3.8) is 0 Å². The van der Waals surface area contributed by atoms with Crippen LogP contribution in [-0.4, -0.2) is 10.5 Å². The molecule has 0 aromatic heterocycles. The first-order chi connectivity index (χ1) is 7.29. The van der Waals surface area contributed by atoms with Crippen LogP contribution in [0.4, 0.5) is 5.69 Å². The quantitative estimate of drug-likeness (QED) is 0.652. The van der Waals surface area contributed by atoms with E-state index in [2.05, 4.69) is 0 Å². The van der Waals surface area contributed by atoms with Crippen LogP contribution in [0.25, 0.3) is 0 Å². The average molecular weight is 243 g/mol. The second-order valence-electron chi connectivity index (χ2n) is 4.52. The van der Waals surface area contributed by atoms with Crippen LogP contribution in [0.15, 0.2) is 18.2 Å². The van der Waals surface area contributed by atoms with Crippen LogP contribution in [0, 0.1) is 10.1 Å². The van der Waals surface area contributed by atoms with Gasteiger partial charge in [0.15, 0.2) is 0 Å². The standard InChI is InChI=1S/C11H15ClN2O2/c1-11(2,13)6-5-8-7-9(12)3-4-10(8)14(15)16/h3-4,7H,5-6,13H2,1-2H3. The lowest BCUT2D eigenvalue weighted by Crippen LogP contribution is -2.32. The van der Waals surface area contributed by atoms with E-state index in [4.69, 9.17) is 17.3 Å². The molecule has 0 radical (unpaired) electrons. The van der Waals surface area contributed by atoms with Gasteiger partial charge < -0.3 is 5.73 Å². The number of halogens is 1. The minimum atomic E-state index is -0.394. The Hall–Kier alpha value is -1.13. The lowest BCUT2D eigenvalue weighted by Gasteiger charge is -2.17. The molecule has 2 N–H and O–H groups in total. The number of hydrogen-bond acceptors (Lipinski definition) is 3. The normalized spacial score (nSPS) is 11.5. The van der Waals surface area contributed by atoms with Crippen LogP contribution < -0.4 is 5.73 Å². The van der Waals surface area contributed by atoms with E-state index < -0.39 is 4.92 Å². The number of aryl methyl sites for hydroxylation is 1. The smallest absolute Gasteiger partial charge is 0.272 e. The average Bonchev–Trinajstić information content (AvgIpc) is 2.13. The first kappa shape index (κ1) is 12.9. The summed E-state index contributed by atoms with van der Waals surface area (Å²) >= 11 is 5.82. The molecule has 1 aromatic carbocycles. The van der Waals surface area contributed by atoms with E-state index in [0.717, 1.165) is 0 Å². The van der Waals surface area contributed by atoms with Crippen molar-refractivity contribution in [3.8, 4) is 0 Å². The van der Waals surface area contributed by atoms with Gasteiger partial charge in [0.05, 0.1) is 4.92 Å². The van der Waals surface area contributed by atoms with E-state index >= 15 is 0 Å². The number of nitrogens with zero attached hydrogens (tertiary/aromatic N) is 1. The molecule has 4 nitrogen and oxygen atoms in total. The Bertz CT molecular complexity index is 399. The van der Waals surface area contributed by atoms with Crippen molar-refractivity contribution in [2.24, 2.45) is 5.73 Å². The van der Waals surface area contributed by atoms with Crippen molar-refractivity contribution in [1.82, 2.24) is 0 Å². The third-order valence-electron chi connectivity index (χ3n) is 2.28. The summed E-state index contributed by atoms with van der Waals surface area (Å²) in [5.41, 5.74) is 6.25. The SMILES string of the molecule is CC(C)(N)CCc1cc(Cl)ccc1[N+](=O)[O-]. The van der Waals surface area contributed by atoms with Crippen molar-refractivity contribution in [2.45, 2.75) is 32.2 Å². The number of hydrogen-bond donors (Lipinski definition) is 1. The fourth-order valence-electron chi connectivity index (χ4n) is 1.39. The summed E-state index contributed by atoms with van der Waals surface area (Å²) in [5, 5.41) is 11.3. The molecule has 0 unspecified atom stereocenters. The van der Waals surface area contributed by atoms with Crippen LogP contribution in [0.3, 0.4) is 0 Å². The molecule has 0 aliphatic rings. The number of rotatable bonds is 4. The molecule has 16 heavy (non-hydrogen) atoms. The highest BCUT2D eigenvalue weighted by Crippen LogP contribution is 2.25. The molecule has 0 aliphatic carbocycles. The number of benzene rings is 1. The Balaban J connectivity index is 2.93. The fourth-order valence-corrected chi connectivity index (χ4v) is 1.58. The molecule has 1 rings (SSSR count). The predicted molar refractivity (Wildman–Crippen MR) is 64.7 cm³/mol. The topological polar surface area (TPSA) is 69.2 Å². The van der Waals surface area contributed by atoms with Gasteiger partial charge in [-0.15, -0.1) is 0 Å². The molecular formula is C11H15ClN2O2. The van der Waals surface area contributed by atoms with Gasteiger partial charge in [-0.2, -0.15) is 0 Å². The highest BCUT2D eigenvalue weighted by molar-refractivity contribution is 6.30. The summed E-state index contributed by atoms with van der Waals surface area (Å²) < 4.78 is 0. The molecule has 0 saturated heterocycles. The van der Waals surface area contributed by atoms with E-state index in [9.17, 15) is 10.1 Å². The Kier molecular flexibility index (Phi) is 3.88. The first-order valence-corrected chi connectivity index (χ1v) is 5.39. The van der Waals surface area contributed by atoms with Gasteiger partial charge in [-0.3, -0.25) is 10.1 Å². The highest BCUT2D eigenvalue weighted by Gasteiger charge is 2.17. The zero-order valence-corrected chi connectivity index (χ0v) is 10.1. The van der Waals surface area contributed by atoms with E-state index in [1.165, 1.54) is 12.1 Å². The third kappa shape index (κ3) is 3.79. The number of nitro groups is 1. The zero-order valence-electron chi connectivity index (χ0n) is 9.37. The zero-order chi connectivity index (χ0) is 12.3. The molecule has 0 amide bonds. The van der Waals surface area contributed by atoms with Crippen LogP contribution in [-0.2, 0) is 6.42 Å². The Labute approximate surface area is 99.6 Å². The molecular weight excluding hydrogens is 228 g/mol. The molecule has 0 atom stereocenters. The summed E-state index contributed by atoms with van der Waals surface area (Å²) in [6, 6.07) is 4.59. The van der Waals surface area contributed by atoms with Crippen molar-refractivity contribution in [1.29, 1.82) is 0 Å². The molecule has 0 spiro atoms. The summed E-state index contributed by atoms with van der Waals surface area (Å²) in [6.07, 6.45) is 1.23. The maximum atomic E-state index is 10.8. The summed E-state index contributed by atoms with van der Waals surface area (Å²) in [6.45, 7) is 3.78. The fraction of sp³-hybridized carbons (Fsp3) is 0.455. The molecule has 0 bridgehead atoms. The molecule has 0 heterocycles. The molecule has 88 valence electrons. The summed E-state index contributed by atoms with van der Waals surface area (Å²) in [7, 11) is 0. The molecule has 1 aromatic rings. The molecule has 0 saturated carbocycles. The third-order valence-corrected chi connectivity index (χ3v) is 2.51. The Morgan fingerprint density at radius 2 is 2.12 bits per heavy atom. The highest BCUT2D eigenvalue weighted by atomic mass is 35.5. The second kappa shape index (κ2) is 4.80. The summed E-state index contributed by atoms with van der Waals surface area (Å²) in [4.78, 5) is 10.4. The van der Waals surface area contributed by atoms with Crippen molar-refractivity contribution >= 4 is 17.3 Å².